The number of rotatable bonds is 4. The van der Waals surface area contributed by atoms with Crippen LogP contribution in [0.25, 0.3) is 0 Å². The number of nitrogens with zero attached hydrogens (tertiary/aromatic N) is 6. The zero-order chi connectivity index (χ0) is 17.2. The molecule has 2 aliphatic rings. The molecule has 6 nitrogen and oxygen atoms in total. The van der Waals surface area contributed by atoms with Gasteiger partial charge in [0.1, 0.15) is 5.82 Å². The van der Waals surface area contributed by atoms with Crippen LogP contribution in [0.5, 0.6) is 0 Å². The molecule has 134 valence electrons. The standard InChI is InChI=1S/C19H28N6/c1-15-12-23(2)18(21-15)16-6-5-9-24(13-16)14-17-7-8-20-19(22-17)25-10-3-4-11-25/h7-8,12,16H,3-6,9-11,13-14H2,1-2H3. The maximum Gasteiger partial charge on any atom is 0.225 e. The van der Waals surface area contributed by atoms with Crippen LogP contribution in [-0.4, -0.2) is 50.6 Å². The van der Waals surface area contributed by atoms with E-state index in [1.807, 2.05) is 6.20 Å². The van der Waals surface area contributed by atoms with Gasteiger partial charge in [0.25, 0.3) is 0 Å². The van der Waals surface area contributed by atoms with E-state index in [0.29, 0.717) is 5.92 Å². The highest BCUT2D eigenvalue weighted by Crippen LogP contribution is 2.27. The van der Waals surface area contributed by atoms with E-state index in [1.165, 1.54) is 31.5 Å². The number of aromatic nitrogens is 4. The molecule has 0 aliphatic carbocycles. The largest absolute Gasteiger partial charge is 0.341 e. The molecule has 6 heteroatoms. The van der Waals surface area contributed by atoms with Crippen LogP contribution < -0.4 is 4.90 Å². The van der Waals surface area contributed by atoms with E-state index in [2.05, 4.69) is 45.6 Å². The summed E-state index contributed by atoms with van der Waals surface area (Å²) in [7, 11) is 2.11. The molecular formula is C19H28N6. The summed E-state index contributed by atoms with van der Waals surface area (Å²) in [6, 6.07) is 2.06. The van der Waals surface area contributed by atoms with E-state index in [0.717, 1.165) is 50.1 Å². The Balaban J connectivity index is 1.44. The van der Waals surface area contributed by atoms with E-state index in [-0.39, 0.29) is 0 Å². The predicted molar refractivity (Wildman–Crippen MR) is 98.7 cm³/mol. The lowest BCUT2D eigenvalue weighted by Gasteiger charge is -2.32. The zero-order valence-electron chi connectivity index (χ0n) is 15.4. The van der Waals surface area contributed by atoms with E-state index in [1.54, 1.807) is 0 Å². The van der Waals surface area contributed by atoms with Crippen molar-refractivity contribution in [2.45, 2.75) is 45.1 Å². The van der Waals surface area contributed by atoms with Gasteiger partial charge < -0.3 is 9.47 Å². The average Bonchev–Trinajstić information content (AvgIpc) is 3.25. The minimum absolute atomic E-state index is 0.521. The van der Waals surface area contributed by atoms with Crippen molar-refractivity contribution in [1.82, 2.24) is 24.4 Å². The van der Waals surface area contributed by atoms with Gasteiger partial charge in [-0.2, -0.15) is 0 Å². The van der Waals surface area contributed by atoms with Crippen molar-refractivity contribution in [3.8, 4) is 0 Å². The van der Waals surface area contributed by atoms with Gasteiger partial charge in [-0.05, 0) is 45.2 Å². The Hall–Kier alpha value is -1.95. The summed E-state index contributed by atoms with van der Waals surface area (Å²) in [5.41, 5.74) is 2.24. The van der Waals surface area contributed by atoms with Crippen molar-refractivity contribution in [2.24, 2.45) is 7.05 Å². The van der Waals surface area contributed by atoms with Crippen LogP contribution in [0.2, 0.25) is 0 Å². The molecule has 25 heavy (non-hydrogen) atoms. The molecule has 4 rings (SSSR count). The third-order valence-electron chi connectivity index (χ3n) is 5.38. The fourth-order valence-corrected chi connectivity index (χ4v) is 4.20. The Morgan fingerprint density at radius 1 is 1.12 bits per heavy atom. The van der Waals surface area contributed by atoms with Gasteiger partial charge >= 0.3 is 0 Å². The Morgan fingerprint density at radius 2 is 1.96 bits per heavy atom. The van der Waals surface area contributed by atoms with Crippen LogP contribution in [0.15, 0.2) is 18.5 Å². The van der Waals surface area contributed by atoms with Crippen LogP contribution in [0.4, 0.5) is 5.95 Å². The normalized spacial score (nSPS) is 21.8. The smallest absolute Gasteiger partial charge is 0.225 e. The highest BCUT2D eigenvalue weighted by Gasteiger charge is 2.25. The second-order valence-corrected chi connectivity index (χ2v) is 7.47. The minimum atomic E-state index is 0.521. The molecule has 2 aromatic rings. The number of likely N-dealkylation sites (tertiary alicyclic amines) is 1. The van der Waals surface area contributed by atoms with Crippen molar-refractivity contribution in [3.05, 3.63) is 35.7 Å². The summed E-state index contributed by atoms with van der Waals surface area (Å²) in [5, 5.41) is 0. The highest BCUT2D eigenvalue weighted by atomic mass is 15.3. The lowest BCUT2D eigenvalue weighted by atomic mass is 9.97. The van der Waals surface area contributed by atoms with Gasteiger partial charge in [0.05, 0.1) is 11.4 Å². The monoisotopic (exact) mass is 340 g/mol. The predicted octanol–water partition coefficient (Wildman–Crippen LogP) is 2.50. The molecule has 0 bridgehead atoms. The molecule has 2 aromatic heterocycles. The van der Waals surface area contributed by atoms with Gasteiger partial charge in [0.2, 0.25) is 5.95 Å². The molecule has 0 saturated carbocycles. The number of imidazole rings is 1. The second-order valence-electron chi connectivity index (χ2n) is 7.47. The summed E-state index contributed by atoms with van der Waals surface area (Å²) in [5.74, 6) is 2.65. The van der Waals surface area contributed by atoms with Gasteiger partial charge in [-0.15, -0.1) is 0 Å². The van der Waals surface area contributed by atoms with E-state index < -0.39 is 0 Å². The molecular weight excluding hydrogens is 312 g/mol. The van der Waals surface area contributed by atoms with Crippen LogP contribution in [0.1, 0.15) is 48.8 Å². The van der Waals surface area contributed by atoms with E-state index >= 15 is 0 Å². The number of hydrogen-bond donors (Lipinski definition) is 0. The fraction of sp³-hybridized carbons (Fsp3) is 0.632. The Morgan fingerprint density at radius 3 is 2.72 bits per heavy atom. The molecule has 2 fully saturated rings. The molecule has 1 atom stereocenters. The third kappa shape index (κ3) is 3.68. The molecule has 0 aromatic carbocycles. The molecule has 0 radical (unpaired) electrons. The van der Waals surface area contributed by atoms with Crippen LogP contribution in [0.3, 0.4) is 0 Å². The number of anilines is 1. The van der Waals surface area contributed by atoms with Crippen LogP contribution >= 0.6 is 0 Å². The number of aryl methyl sites for hydroxylation is 2. The van der Waals surface area contributed by atoms with E-state index in [4.69, 9.17) is 9.97 Å². The Bertz CT molecular complexity index is 718. The maximum absolute atomic E-state index is 4.82. The summed E-state index contributed by atoms with van der Waals surface area (Å²) in [4.78, 5) is 18.9. The van der Waals surface area contributed by atoms with Crippen molar-refractivity contribution < 1.29 is 0 Å². The highest BCUT2D eigenvalue weighted by molar-refractivity contribution is 5.31. The molecule has 4 heterocycles. The fourth-order valence-electron chi connectivity index (χ4n) is 4.20. The second kappa shape index (κ2) is 7.12. The molecule has 0 spiro atoms. The van der Waals surface area contributed by atoms with Crippen LogP contribution in [-0.2, 0) is 13.6 Å². The van der Waals surface area contributed by atoms with Crippen molar-refractivity contribution in [1.29, 1.82) is 0 Å². The first-order chi connectivity index (χ1) is 12.2. The van der Waals surface area contributed by atoms with E-state index in [9.17, 15) is 0 Å². The van der Waals surface area contributed by atoms with Crippen LogP contribution in [0, 0.1) is 6.92 Å². The Kier molecular flexibility index (Phi) is 4.70. The van der Waals surface area contributed by atoms with Gasteiger partial charge in [0.15, 0.2) is 0 Å². The summed E-state index contributed by atoms with van der Waals surface area (Å²) in [6.07, 6.45) is 9.00. The Labute approximate surface area is 149 Å². The first kappa shape index (κ1) is 16.5. The number of piperidine rings is 1. The molecule has 0 N–H and O–H groups in total. The van der Waals surface area contributed by atoms with Crippen molar-refractivity contribution in [2.75, 3.05) is 31.1 Å². The van der Waals surface area contributed by atoms with Gasteiger partial charge in [-0.3, -0.25) is 4.90 Å². The summed E-state index contributed by atoms with van der Waals surface area (Å²) in [6.45, 7) is 7.37. The average molecular weight is 340 g/mol. The van der Waals surface area contributed by atoms with Gasteiger partial charge in [0, 0.05) is 51.5 Å². The lowest BCUT2D eigenvalue weighted by Crippen LogP contribution is -2.35. The lowest BCUT2D eigenvalue weighted by molar-refractivity contribution is 0.193. The quantitative estimate of drug-likeness (QED) is 0.856. The zero-order valence-corrected chi connectivity index (χ0v) is 15.4. The molecule has 1 unspecified atom stereocenters. The van der Waals surface area contributed by atoms with Crippen molar-refractivity contribution in [3.63, 3.8) is 0 Å². The maximum atomic E-state index is 4.82. The third-order valence-corrected chi connectivity index (χ3v) is 5.38. The molecule has 2 aliphatic heterocycles. The summed E-state index contributed by atoms with van der Waals surface area (Å²) < 4.78 is 2.19. The number of hydrogen-bond acceptors (Lipinski definition) is 5. The molecule has 0 amide bonds. The summed E-state index contributed by atoms with van der Waals surface area (Å²) >= 11 is 0. The topological polar surface area (TPSA) is 50.1 Å². The van der Waals surface area contributed by atoms with Gasteiger partial charge in [-0.25, -0.2) is 15.0 Å². The first-order valence-corrected chi connectivity index (χ1v) is 9.48. The SMILES string of the molecule is Cc1cn(C)c(C2CCCN(Cc3ccnc(N4CCCC4)n3)C2)n1. The van der Waals surface area contributed by atoms with Crippen molar-refractivity contribution >= 4 is 5.95 Å². The van der Waals surface area contributed by atoms with Gasteiger partial charge in [-0.1, -0.05) is 0 Å². The molecule has 2 saturated heterocycles. The first-order valence-electron chi connectivity index (χ1n) is 9.48. The minimum Gasteiger partial charge on any atom is -0.341 e.